The molecule has 1 aliphatic heterocycles. The second kappa shape index (κ2) is 9.37. The number of nitrogens with zero attached hydrogens (tertiary/aromatic N) is 4. The summed E-state index contributed by atoms with van der Waals surface area (Å²) in [4.78, 5) is 29.4. The van der Waals surface area contributed by atoms with Crippen LogP contribution in [0.2, 0.25) is 0 Å². The first kappa shape index (κ1) is 24.2. The Labute approximate surface area is 202 Å². The van der Waals surface area contributed by atoms with Gasteiger partial charge in [0.25, 0.3) is 5.91 Å². The molecule has 1 atom stereocenters. The van der Waals surface area contributed by atoms with Gasteiger partial charge in [0, 0.05) is 41.4 Å². The normalized spacial score (nSPS) is 15.5. The van der Waals surface area contributed by atoms with E-state index >= 15 is 0 Å². The Kier molecular flexibility index (Phi) is 6.48. The van der Waals surface area contributed by atoms with Crippen LogP contribution < -0.4 is 15.4 Å². The van der Waals surface area contributed by atoms with Crippen molar-refractivity contribution < 1.29 is 27.9 Å². The van der Waals surface area contributed by atoms with Crippen molar-refractivity contribution in [2.45, 2.75) is 32.4 Å². The largest absolute Gasteiger partial charge is 0.465 e. The third-order valence-electron chi connectivity index (χ3n) is 5.83. The molecule has 11 nitrogen and oxygen atoms in total. The molecule has 0 spiro atoms. The average molecular weight is 500 g/mol. The molecule has 0 fully saturated rings. The fraction of sp³-hybridized carbons (Fsp3) is 0.304. The topological polar surface area (TPSA) is 158 Å². The van der Waals surface area contributed by atoms with Gasteiger partial charge in [0.15, 0.2) is 0 Å². The molecular formula is C23H25N5O6S. The van der Waals surface area contributed by atoms with Crippen molar-refractivity contribution in [3.63, 3.8) is 0 Å². The summed E-state index contributed by atoms with van der Waals surface area (Å²) in [5.41, 5.74) is 7.94. The van der Waals surface area contributed by atoms with Gasteiger partial charge in [-0.25, -0.2) is 18.2 Å². The Balaban J connectivity index is 1.84. The lowest BCUT2D eigenvalue weighted by molar-refractivity contribution is 0.0997. The lowest BCUT2D eigenvalue weighted by atomic mass is 9.92. The number of carbonyl (C=O) groups is 2. The number of pyridine rings is 1. The van der Waals surface area contributed by atoms with Crippen LogP contribution >= 0.6 is 0 Å². The van der Waals surface area contributed by atoms with Gasteiger partial charge in [-0.05, 0) is 44.0 Å². The van der Waals surface area contributed by atoms with Crippen LogP contribution in [0.1, 0.15) is 29.3 Å². The molecule has 1 aliphatic rings. The number of aryl methyl sites for hydroxylation is 1. The predicted octanol–water partition coefficient (Wildman–Crippen LogP) is 2.70. The third-order valence-corrected chi connectivity index (χ3v) is 6.75. The molecule has 4 rings (SSSR count). The second-order valence-electron chi connectivity index (χ2n) is 8.42. The number of rotatable bonds is 7. The van der Waals surface area contributed by atoms with E-state index in [4.69, 9.17) is 10.5 Å². The molecule has 2 aromatic heterocycles. The fourth-order valence-electron chi connectivity index (χ4n) is 4.08. The Morgan fingerprint density at radius 1 is 1.29 bits per heavy atom. The van der Waals surface area contributed by atoms with Crippen molar-refractivity contribution in [1.29, 1.82) is 0 Å². The van der Waals surface area contributed by atoms with E-state index in [1.165, 1.54) is 21.8 Å². The number of primary amides is 1. The maximum Gasteiger partial charge on any atom is 0.412 e. The molecule has 0 saturated carbocycles. The van der Waals surface area contributed by atoms with Crippen molar-refractivity contribution in [2.24, 2.45) is 5.73 Å². The maximum absolute atomic E-state index is 12.0. The van der Waals surface area contributed by atoms with Gasteiger partial charge in [-0.3, -0.25) is 14.4 Å². The van der Waals surface area contributed by atoms with E-state index in [0.29, 0.717) is 41.0 Å². The summed E-state index contributed by atoms with van der Waals surface area (Å²) < 4.78 is 30.8. The molecule has 0 unspecified atom stereocenters. The molecule has 12 heteroatoms. The van der Waals surface area contributed by atoms with Gasteiger partial charge >= 0.3 is 6.09 Å². The van der Waals surface area contributed by atoms with Crippen LogP contribution in [0.4, 0.5) is 10.5 Å². The fourth-order valence-corrected chi connectivity index (χ4v) is 4.60. The number of ether oxygens (including phenoxy) is 1. The highest BCUT2D eigenvalue weighted by molar-refractivity contribution is 7.90. The number of carbonyl (C=O) groups excluding carboxylic acids is 1. The summed E-state index contributed by atoms with van der Waals surface area (Å²) in [6, 6.07) is 6.26. The molecule has 3 aromatic rings. The molecule has 0 aliphatic carbocycles. The minimum atomic E-state index is -3.17. The van der Waals surface area contributed by atoms with Crippen molar-refractivity contribution in [3.8, 4) is 22.8 Å². The van der Waals surface area contributed by atoms with Crippen molar-refractivity contribution in [3.05, 3.63) is 54.0 Å². The number of fused-ring (bicyclic) bond motifs is 1. The number of amides is 2. The van der Waals surface area contributed by atoms with E-state index in [1.54, 1.807) is 30.6 Å². The Hall–Kier alpha value is -3.93. The quantitative estimate of drug-likeness (QED) is 0.502. The summed E-state index contributed by atoms with van der Waals surface area (Å²) in [6.45, 7) is 2.01. The lowest BCUT2D eigenvalue weighted by Gasteiger charge is -2.34. The molecule has 184 valence electrons. The molecule has 35 heavy (non-hydrogen) atoms. The Bertz CT molecular complexity index is 1400. The van der Waals surface area contributed by atoms with Crippen LogP contribution in [0, 0.1) is 0 Å². The first-order chi connectivity index (χ1) is 16.5. The zero-order valence-electron chi connectivity index (χ0n) is 19.2. The number of benzene rings is 1. The number of hydrogen-bond donors (Lipinski definition) is 2. The SMILES string of the molecule is C[C@H]1CCc2c(ccc(-c3cnn(CCS(C)(=O)=O)c3)c2Oc2ncccc2C(N)=O)N1C(=O)O. The van der Waals surface area contributed by atoms with E-state index in [1.807, 2.05) is 6.92 Å². The number of carboxylic acid groups (broad SMARTS) is 1. The Morgan fingerprint density at radius 2 is 2.06 bits per heavy atom. The molecular weight excluding hydrogens is 474 g/mol. The van der Waals surface area contributed by atoms with Crippen LogP contribution in [0.3, 0.4) is 0 Å². The highest BCUT2D eigenvalue weighted by Gasteiger charge is 2.32. The summed E-state index contributed by atoms with van der Waals surface area (Å²) in [6.07, 6.45) is 5.90. The molecule has 3 N–H and O–H groups in total. The lowest BCUT2D eigenvalue weighted by Crippen LogP contribution is -2.41. The standard InChI is InChI=1S/C23H25N5O6S/c1-14-5-6-17-19(28(14)23(30)31)8-7-16(15-12-26-27(13-15)10-11-35(2,32)33)20(17)34-22-18(21(24)29)4-3-9-25-22/h3-4,7-9,12-14H,5-6,10-11H2,1-2H3,(H2,24,29)(H,30,31)/t14-/m0/s1. The zero-order valence-corrected chi connectivity index (χ0v) is 20.0. The smallest absolute Gasteiger partial charge is 0.412 e. The second-order valence-corrected chi connectivity index (χ2v) is 10.7. The van der Waals surface area contributed by atoms with E-state index in [2.05, 4.69) is 10.1 Å². The van der Waals surface area contributed by atoms with Gasteiger partial charge < -0.3 is 15.6 Å². The summed E-state index contributed by atoms with van der Waals surface area (Å²) in [5.74, 6) is -0.443. The molecule has 2 amide bonds. The van der Waals surface area contributed by atoms with Crippen LogP contribution in [0.5, 0.6) is 11.6 Å². The third kappa shape index (κ3) is 5.11. The van der Waals surface area contributed by atoms with Gasteiger partial charge in [0.1, 0.15) is 21.2 Å². The minimum Gasteiger partial charge on any atom is -0.465 e. The van der Waals surface area contributed by atoms with Crippen molar-refractivity contribution in [2.75, 3.05) is 16.9 Å². The van der Waals surface area contributed by atoms with Gasteiger partial charge in [-0.2, -0.15) is 5.10 Å². The molecule has 0 bridgehead atoms. The highest BCUT2D eigenvalue weighted by Crippen LogP contribution is 2.44. The maximum atomic E-state index is 12.0. The Morgan fingerprint density at radius 3 is 2.74 bits per heavy atom. The first-order valence-corrected chi connectivity index (χ1v) is 12.9. The zero-order chi connectivity index (χ0) is 25.3. The summed E-state index contributed by atoms with van der Waals surface area (Å²) in [7, 11) is -3.17. The average Bonchev–Trinajstić information content (AvgIpc) is 3.26. The monoisotopic (exact) mass is 499 g/mol. The number of anilines is 1. The number of sulfone groups is 1. The molecule has 1 aromatic carbocycles. The number of nitrogens with two attached hydrogens (primary N) is 1. The first-order valence-electron chi connectivity index (χ1n) is 10.9. The van der Waals surface area contributed by atoms with Crippen LogP contribution in [-0.2, 0) is 22.8 Å². The van der Waals surface area contributed by atoms with E-state index in [9.17, 15) is 23.1 Å². The van der Waals surface area contributed by atoms with E-state index < -0.39 is 21.8 Å². The minimum absolute atomic E-state index is 0.000356. The van der Waals surface area contributed by atoms with Crippen LogP contribution in [0.25, 0.3) is 11.1 Å². The predicted molar refractivity (Wildman–Crippen MR) is 128 cm³/mol. The molecule has 0 radical (unpaired) electrons. The van der Waals surface area contributed by atoms with Crippen LogP contribution in [-0.4, -0.2) is 58.3 Å². The van der Waals surface area contributed by atoms with Crippen molar-refractivity contribution >= 4 is 27.5 Å². The summed E-state index contributed by atoms with van der Waals surface area (Å²) in [5, 5.41) is 14.1. The van der Waals surface area contributed by atoms with Crippen molar-refractivity contribution in [1.82, 2.24) is 14.8 Å². The van der Waals surface area contributed by atoms with Gasteiger partial charge in [0.2, 0.25) is 5.88 Å². The molecule has 3 heterocycles. The molecule has 0 saturated heterocycles. The highest BCUT2D eigenvalue weighted by atomic mass is 32.2. The van der Waals surface area contributed by atoms with Gasteiger partial charge in [-0.15, -0.1) is 0 Å². The summed E-state index contributed by atoms with van der Waals surface area (Å²) >= 11 is 0. The van der Waals surface area contributed by atoms with Gasteiger partial charge in [-0.1, -0.05) is 0 Å². The van der Waals surface area contributed by atoms with Crippen LogP contribution in [0.15, 0.2) is 42.9 Å². The van der Waals surface area contributed by atoms with E-state index in [0.717, 1.165) is 6.26 Å². The number of aromatic nitrogens is 3. The number of hydrogen-bond acceptors (Lipinski definition) is 7. The van der Waals surface area contributed by atoms with Gasteiger partial charge in [0.05, 0.1) is 24.2 Å². The van der Waals surface area contributed by atoms with E-state index in [-0.39, 0.29) is 29.8 Å².